The van der Waals surface area contributed by atoms with E-state index in [1.54, 1.807) is 6.33 Å². The zero-order valence-corrected chi connectivity index (χ0v) is 16.5. The summed E-state index contributed by atoms with van der Waals surface area (Å²) in [5.41, 5.74) is 1.86. The lowest BCUT2D eigenvalue weighted by molar-refractivity contribution is 0.0464. The summed E-state index contributed by atoms with van der Waals surface area (Å²) >= 11 is 0. The van der Waals surface area contributed by atoms with E-state index < -0.39 is 0 Å². The van der Waals surface area contributed by atoms with E-state index in [2.05, 4.69) is 19.9 Å². The van der Waals surface area contributed by atoms with Gasteiger partial charge in [-0.2, -0.15) is 0 Å². The maximum Gasteiger partial charge on any atom is 0.410 e. The first-order chi connectivity index (χ1) is 14.2. The highest BCUT2D eigenvalue weighted by Crippen LogP contribution is 2.36. The lowest BCUT2D eigenvalue weighted by Crippen LogP contribution is -2.52. The van der Waals surface area contributed by atoms with Crippen molar-refractivity contribution >= 4 is 22.9 Å². The van der Waals surface area contributed by atoms with Crippen LogP contribution in [0.4, 0.5) is 10.6 Å². The van der Waals surface area contributed by atoms with E-state index in [0.29, 0.717) is 0 Å². The van der Waals surface area contributed by atoms with E-state index in [-0.39, 0.29) is 24.3 Å². The minimum absolute atomic E-state index is 0.156. The lowest BCUT2D eigenvalue weighted by Gasteiger charge is -2.40. The van der Waals surface area contributed by atoms with Crippen LogP contribution in [0.5, 0.6) is 0 Å². The highest BCUT2D eigenvalue weighted by molar-refractivity contribution is 5.87. The Labute approximate surface area is 169 Å². The molecule has 4 heterocycles. The van der Waals surface area contributed by atoms with E-state index in [1.165, 1.54) is 0 Å². The summed E-state index contributed by atoms with van der Waals surface area (Å²) in [5.74, 6) is 0.955. The van der Waals surface area contributed by atoms with Crippen LogP contribution >= 0.6 is 0 Å². The van der Waals surface area contributed by atoms with Crippen LogP contribution < -0.4 is 4.90 Å². The normalized spacial score (nSPS) is 22.5. The number of hydrogen-bond donors (Lipinski definition) is 1. The van der Waals surface area contributed by atoms with Gasteiger partial charge in [0.25, 0.3) is 0 Å². The molecule has 0 saturated carbocycles. The molecule has 3 aromatic rings. The molecule has 1 aromatic carbocycles. The molecule has 2 aliphatic rings. The number of nitrogens with one attached hydrogen (secondary N) is 1. The molecule has 5 rings (SSSR count). The van der Waals surface area contributed by atoms with E-state index in [0.717, 1.165) is 54.8 Å². The Morgan fingerprint density at radius 1 is 1.14 bits per heavy atom. The molecule has 0 radical (unpaired) electrons. The molecule has 3 unspecified atom stereocenters. The van der Waals surface area contributed by atoms with Gasteiger partial charge in [0.2, 0.25) is 0 Å². The summed E-state index contributed by atoms with van der Waals surface area (Å²) < 4.78 is 5.82. The van der Waals surface area contributed by atoms with Crippen molar-refractivity contribution in [3.63, 3.8) is 0 Å². The number of amides is 1. The van der Waals surface area contributed by atoms with Crippen LogP contribution in [-0.4, -0.2) is 51.1 Å². The zero-order chi connectivity index (χ0) is 19.8. The lowest BCUT2D eigenvalue weighted by atomic mass is 9.97. The molecule has 1 amide bonds. The average Bonchev–Trinajstić information content (AvgIpc) is 3.41. The number of carbonyl (C=O) groups excluding carboxylic acids is 1. The Balaban J connectivity index is 1.34. The molecule has 0 bridgehead atoms. The van der Waals surface area contributed by atoms with Gasteiger partial charge in [-0.15, -0.1) is 0 Å². The van der Waals surface area contributed by atoms with Gasteiger partial charge in [0, 0.05) is 19.3 Å². The predicted molar refractivity (Wildman–Crippen MR) is 111 cm³/mol. The SMILES string of the molecule is CC(OC(=O)N1CCCC2C1CCN2c1ncnc2[nH]ccc12)c1ccccc1. The average molecular weight is 391 g/mol. The first kappa shape index (κ1) is 18.0. The van der Waals surface area contributed by atoms with Gasteiger partial charge in [-0.1, -0.05) is 30.3 Å². The number of fused-ring (bicyclic) bond motifs is 2. The van der Waals surface area contributed by atoms with Crippen molar-refractivity contribution in [2.75, 3.05) is 18.0 Å². The molecule has 29 heavy (non-hydrogen) atoms. The molecule has 2 aromatic heterocycles. The molecule has 2 saturated heterocycles. The van der Waals surface area contributed by atoms with Crippen molar-refractivity contribution in [1.82, 2.24) is 19.9 Å². The topological polar surface area (TPSA) is 74.3 Å². The van der Waals surface area contributed by atoms with Crippen LogP contribution in [0.3, 0.4) is 0 Å². The third-order valence-corrected chi connectivity index (χ3v) is 6.20. The number of carbonyl (C=O) groups is 1. The fraction of sp³-hybridized carbons (Fsp3) is 0.409. The monoisotopic (exact) mass is 391 g/mol. The van der Waals surface area contributed by atoms with E-state index in [1.807, 2.05) is 54.4 Å². The number of benzene rings is 1. The van der Waals surface area contributed by atoms with Crippen molar-refractivity contribution in [1.29, 1.82) is 0 Å². The molecule has 2 fully saturated rings. The number of ether oxygens (including phenoxy) is 1. The van der Waals surface area contributed by atoms with Gasteiger partial charge in [0.15, 0.2) is 0 Å². The Bertz CT molecular complexity index is 1000. The summed E-state index contributed by atoms with van der Waals surface area (Å²) in [4.78, 5) is 29.3. The summed E-state index contributed by atoms with van der Waals surface area (Å²) in [6.45, 7) is 3.56. The minimum atomic E-state index is -0.261. The number of anilines is 1. The number of hydrogen-bond acceptors (Lipinski definition) is 5. The van der Waals surface area contributed by atoms with Crippen molar-refractivity contribution in [3.8, 4) is 0 Å². The van der Waals surface area contributed by atoms with E-state index >= 15 is 0 Å². The predicted octanol–water partition coefficient (Wildman–Crippen LogP) is 3.90. The van der Waals surface area contributed by atoms with Gasteiger partial charge in [-0.3, -0.25) is 0 Å². The summed E-state index contributed by atoms with van der Waals surface area (Å²) in [5, 5.41) is 1.03. The molecular formula is C22H25N5O2. The summed E-state index contributed by atoms with van der Waals surface area (Å²) in [7, 11) is 0. The molecule has 150 valence electrons. The highest BCUT2D eigenvalue weighted by Gasteiger charge is 2.43. The number of rotatable bonds is 3. The number of nitrogens with zero attached hydrogens (tertiary/aromatic N) is 4. The van der Waals surface area contributed by atoms with Crippen LogP contribution in [-0.2, 0) is 4.74 Å². The van der Waals surface area contributed by atoms with Crippen molar-refractivity contribution < 1.29 is 9.53 Å². The summed E-state index contributed by atoms with van der Waals surface area (Å²) in [6, 6.07) is 12.3. The number of H-pyrrole nitrogens is 1. The van der Waals surface area contributed by atoms with E-state index in [9.17, 15) is 4.79 Å². The van der Waals surface area contributed by atoms with Crippen molar-refractivity contribution in [2.24, 2.45) is 0 Å². The Morgan fingerprint density at radius 2 is 2.00 bits per heavy atom. The highest BCUT2D eigenvalue weighted by atomic mass is 16.6. The maximum absolute atomic E-state index is 13.0. The van der Waals surface area contributed by atoms with Crippen LogP contribution in [0, 0.1) is 0 Å². The number of aromatic amines is 1. The first-order valence-corrected chi connectivity index (χ1v) is 10.3. The molecule has 2 aliphatic heterocycles. The smallest absolute Gasteiger partial charge is 0.410 e. The Kier molecular flexibility index (Phi) is 4.58. The Hall–Kier alpha value is -3.09. The van der Waals surface area contributed by atoms with Crippen LogP contribution in [0.25, 0.3) is 11.0 Å². The van der Waals surface area contributed by atoms with Gasteiger partial charge in [0.1, 0.15) is 23.9 Å². The molecule has 0 spiro atoms. The standard InChI is InChI=1S/C22H25N5O2/c1-15(16-6-3-2-4-7-16)29-22(28)27-12-5-8-18-19(27)10-13-26(18)21-17-9-11-23-20(17)24-14-25-21/h2-4,6-7,9,11,14-15,18-19H,5,8,10,12-13H2,1H3,(H,23,24,25). The second-order valence-electron chi connectivity index (χ2n) is 7.83. The molecule has 7 heteroatoms. The second-order valence-corrected chi connectivity index (χ2v) is 7.83. The molecular weight excluding hydrogens is 366 g/mol. The second kappa shape index (κ2) is 7.39. The van der Waals surface area contributed by atoms with E-state index in [4.69, 9.17) is 4.74 Å². The maximum atomic E-state index is 13.0. The third-order valence-electron chi connectivity index (χ3n) is 6.20. The molecule has 7 nitrogen and oxygen atoms in total. The van der Waals surface area contributed by atoms with Crippen molar-refractivity contribution in [2.45, 2.75) is 44.4 Å². The fourth-order valence-electron chi connectivity index (χ4n) is 4.77. The molecule has 0 aliphatic carbocycles. The number of piperidine rings is 1. The number of aromatic nitrogens is 3. The molecule has 1 N–H and O–H groups in total. The quantitative estimate of drug-likeness (QED) is 0.733. The van der Waals surface area contributed by atoms with Gasteiger partial charge >= 0.3 is 6.09 Å². The summed E-state index contributed by atoms with van der Waals surface area (Å²) in [6.07, 6.45) is 5.97. The van der Waals surface area contributed by atoms with Crippen molar-refractivity contribution in [3.05, 3.63) is 54.5 Å². The van der Waals surface area contributed by atoms with Gasteiger partial charge in [-0.05, 0) is 37.8 Å². The van der Waals surface area contributed by atoms with Gasteiger partial charge in [-0.25, -0.2) is 14.8 Å². The largest absolute Gasteiger partial charge is 0.442 e. The molecule has 3 atom stereocenters. The fourth-order valence-corrected chi connectivity index (χ4v) is 4.77. The van der Waals surface area contributed by atoms with Gasteiger partial charge < -0.3 is 19.5 Å². The van der Waals surface area contributed by atoms with Crippen LogP contribution in [0.1, 0.15) is 37.9 Å². The Morgan fingerprint density at radius 3 is 2.86 bits per heavy atom. The van der Waals surface area contributed by atoms with Crippen LogP contribution in [0.15, 0.2) is 48.9 Å². The zero-order valence-electron chi connectivity index (χ0n) is 16.5. The first-order valence-electron chi connectivity index (χ1n) is 10.3. The van der Waals surface area contributed by atoms with Gasteiger partial charge in [0.05, 0.1) is 17.5 Å². The number of likely N-dealkylation sites (tertiary alicyclic amines) is 1. The third kappa shape index (κ3) is 3.20. The van der Waals surface area contributed by atoms with Crippen LogP contribution in [0.2, 0.25) is 0 Å². The minimum Gasteiger partial charge on any atom is -0.442 e.